The summed E-state index contributed by atoms with van der Waals surface area (Å²) in [6.07, 6.45) is 0. The van der Waals surface area contributed by atoms with Crippen molar-refractivity contribution in [2.45, 2.75) is 17.6 Å². The van der Waals surface area contributed by atoms with Crippen molar-refractivity contribution in [2.24, 2.45) is 0 Å². The predicted octanol–water partition coefficient (Wildman–Crippen LogP) is 1.84. The fourth-order valence-electron chi connectivity index (χ4n) is 1.59. The van der Waals surface area contributed by atoms with Gasteiger partial charge in [0.2, 0.25) is 5.89 Å². The van der Waals surface area contributed by atoms with E-state index in [-0.39, 0.29) is 16.7 Å². The van der Waals surface area contributed by atoms with Gasteiger partial charge in [0, 0.05) is 11.9 Å². The number of nitrogens with zero attached hydrogens (tertiary/aromatic N) is 2. The van der Waals surface area contributed by atoms with E-state index >= 15 is 0 Å². The van der Waals surface area contributed by atoms with Crippen LogP contribution in [-0.4, -0.2) is 29.6 Å². The van der Waals surface area contributed by atoms with Crippen molar-refractivity contribution in [2.75, 3.05) is 0 Å². The first-order valence-corrected chi connectivity index (χ1v) is 7.48. The molecule has 2 aromatic rings. The Morgan fingerprint density at radius 2 is 2.14 bits per heavy atom. The zero-order valence-corrected chi connectivity index (χ0v) is 12.1. The largest absolute Gasteiger partial charge is 0.478 e. The Labute approximate surface area is 123 Å². The molecule has 0 unspecified atom stereocenters. The Morgan fingerprint density at radius 3 is 2.67 bits per heavy atom. The van der Waals surface area contributed by atoms with Crippen molar-refractivity contribution >= 4 is 27.4 Å². The second kappa shape index (κ2) is 5.41. The van der Waals surface area contributed by atoms with E-state index in [0.29, 0.717) is 0 Å². The molecule has 21 heavy (non-hydrogen) atoms. The maximum absolute atomic E-state index is 14.0. The Bertz CT molecular complexity index is 818. The maximum atomic E-state index is 14.0. The zero-order valence-electron chi connectivity index (χ0n) is 10.5. The summed E-state index contributed by atoms with van der Waals surface area (Å²) in [5.41, 5.74) is -0.828. The highest BCUT2D eigenvalue weighted by Crippen LogP contribution is 2.26. The molecule has 0 saturated heterocycles. The molecule has 0 atom stereocenters. The average molecular weight is 335 g/mol. The Balaban J connectivity index is 2.52. The van der Waals surface area contributed by atoms with Gasteiger partial charge >= 0.3 is 5.97 Å². The molecule has 0 spiro atoms. The number of hydrogen-bond donors (Lipinski definition) is 1. The molecule has 1 N–H and O–H groups in total. The third-order valence-corrected chi connectivity index (χ3v) is 4.28. The number of carboxylic acid groups (broad SMARTS) is 1. The van der Waals surface area contributed by atoms with E-state index in [1.165, 1.54) is 6.92 Å². The number of hydrogen-bond acceptors (Lipinski definition) is 6. The minimum atomic E-state index is -4.22. The van der Waals surface area contributed by atoms with E-state index in [4.69, 9.17) is 16.7 Å². The third-order valence-electron chi connectivity index (χ3n) is 2.46. The van der Waals surface area contributed by atoms with Crippen LogP contribution in [0, 0.1) is 12.7 Å². The molecule has 1 aromatic carbocycles. The Kier molecular flexibility index (Phi) is 3.97. The molecule has 10 heteroatoms. The van der Waals surface area contributed by atoms with Crippen LogP contribution in [-0.2, 0) is 15.6 Å². The van der Waals surface area contributed by atoms with Crippen LogP contribution >= 0.6 is 11.6 Å². The molecule has 0 aliphatic rings. The average Bonchev–Trinajstić information content (AvgIpc) is 2.76. The monoisotopic (exact) mass is 334 g/mol. The summed E-state index contributed by atoms with van der Waals surface area (Å²) in [7, 11) is -4.22. The number of aromatic carboxylic acids is 1. The Morgan fingerprint density at radius 1 is 1.48 bits per heavy atom. The van der Waals surface area contributed by atoms with Crippen LogP contribution in [0.3, 0.4) is 0 Å². The molecule has 0 fully saturated rings. The van der Waals surface area contributed by atoms with Gasteiger partial charge in [-0.3, -0.25) is 0 Å². The van der Waals surface area contributed by atoms with Crippen LogP contribution in [0.25, 0.3) is 0 Å². The van der Waals surface area contributed by atoms with Crippen molar-refractivity contribution in [1.29, 1.82) is 0 Å². The van der Waals surface area contributed by atoms with Gasteiger partial charge in [-0.15, -0.1) is 0 Å². The van der Waals surface area contributed by atoms with Gasteiger partial charge in [-0.25, -0.2) is 17.6 Å². The number of halogens is 2. The highest BCUT2D eigenvalue weighted by Gasteiger charge is 2.27. The molecule has 1 aromatic heterocycles. The van der Waals surface area contributed by atoms with Gasteiger partial charge in [0.05, 0.1) is 5.56 Å². The fourth-order valence-corrected chi connectivity index (χ4v) is 3.18. The summed E-state index contributed by atoms with van der Waals surface area (Å²) in [5, 5.41) is 12.0. The quantitative estimate of drug-likeness (QED) is 0.908. The molecule has 2 rings (SSSR count). The van der Waals surface area contributed by atoms with Crippen molar-refractivity contribution in [1.82, 2.24) is 10.1 Å². The van der Waals surface area contributed by atoms with E-state index in [1.807, 2.05) is 0 Å². The van der Waals surface area contributed by atoms with Crippen LogP contribution in [0.15, 0.2) is 21.6 Å². The Hall–Kier alpha value is -2.00. The van der Waals surface area contributed by atoms with Crippen LogP contribution < -0.4 is 0 Å². The topological polar surface area (TPSA) is 110 Å². The van der Waals surface area contributed by atoms with Gasteiger partial charge in [0.25, 0.3) is 0 Å². The van der Waals surface area contributed by atoms with E-state index in [2.05, 4.69) is 14.7 Å². The lowest BCUT2D eigenvalue weighted by molar-refractivity contribution is 0.0691. The lowest BCUT2D eigenvalue weighted by Gasteiger charge is -2.07. The minimum Gasteiger partial charge on any atom is -0.478 e. The molecule has 112 valence electrons. The van der Waals surface area contributed by atoms with E-state index in [0.717, 1.165) is 12.1 Å². The molecule has 0 aliphatic heterocycles. The van der Waals surface area contributed by atoms with E-state index < -0.39 is 37.8 Å². The number of rotatable bonds is 4. The van der Waals surface area contributed by atoms with Gasteiger partial charge in [0.15, 0.2) is 21.5 Å². The SMILES string of the molecule is Cc1nc(CS(=O)(=O)c2cc(Cl)cc(C(=O)O)c2F)no1. The first-order valence-electron chi connectivity index (χ1n) is 5.45. The van der Waals surface area contributed by atoms with Crippen LogP contribution in [0.4, 0.5) is 4.39 Å². The van der Waals surface area contributed by atoms with Gasteiger partial charge in [0.1, 0.15) is 10.6 Å². The number of carboxylic acids is 1. The lowest BCUT2D eigenvalue weighted by Crippen LogP contribution is -2.12. The molecule has 0 bridgehead atoms. The van der Waals surface area contributed by atoms with Crippen molar-refractivity contribution in [3.63, 3.8) is 0 Å². The smallest absolute Gasteiger partial charge is 0.338 e. The lowest BCUT2D eigenvalue weighted by atomic mass is 10.2. The van der Waals surface area contributed by atoms with Crippen LogP contribution in [0.1, 0.15) is 22.1 Å². The van der Waals surface area contributed by atoms with E-state index in [9.17, 15) is 17.6 Å². The third kappa shape index (κ3) is 3.19. The molecule has 0 radical (unpaired) electrons. The second-order valence-corrected chi connectivity index (χ2v) is 6.45. The maximum Gasteiger partial charge on any atom is 0.338 e. The first kappa shape index (κ1) is 15.4. The summed E-state index contributed by atoms with van der Waals surface area (Å²) in [5.74, 6) is -3.75. The normalized spacial score (nSPS) is 11.6. The number of benzene rings is 1. The summed E-state index contributed by atoms with van der Waals surface area (Å²) in [4.78, 5) is 13.8. The van der Waals surface area contributed by atoms with Gasteiger partial charge < -0.3 is 9.63 Å². The standard InChI is InChI=1S/C11H8ClFN2O5S/c1-5-14-9(15-20-5)4-21(18,19)8-3-6(12)2-7(10(8)13)11(16)17/h2-3H,4H2,1H3,(H,16,17). The zero-order chi connectivity index (χ0) is 15.8. The summed E-state index contributed by atoms with van der Waals surface area (Å²) < 4.78 is 42.9. The van der Waals surface area contributed by atoms with E-state index in [1.54, 1.807) is 0 Å². The molecule has 7 nitrogen and oxygen atoms in total. The van der Waals surface area contributed by atoms with Crippen molar-refractivity contribution in [3.8, 4) is 0 Å². The first-order chi connectivity index (χ1) is 9.70. The number of aromatic nitrogens is 2. The minimum absolute atomic E-state index is 0.151. The molecular formula is C11H8ClFN2O5S. The number of carbonyl (C=O) groups is 1. The van der Waals surface area contributed by atoms with Crippen molar-refractivity contribution in [3.05, 3.63) is 40.3 Å². The predicted molar refractivity (Wildman–Crippen MR) is 68.3 cm³/mol. The highest BCUT2D eigenvalue weighted by atomic mass is 35.5. The van der Waals surface area contributed by atoms with Gasteiger partial charge in [-0.2, -0.15) is 4.98 Å². The number of sulfone groups is 1. The number of aryl methyl sites for hydroxylation is 1. The summed E-state index contributed by atoms with van der Waals surface area (Å²) >= 11 is 5.63. The van der Waals surface area contributed by atoms with Crippen molar-refractivity contribution < 1.29 is 27.2 Å². The molecular weight excluding hydrogens is 327 g/mol. The highest BCUT2D eigenvalue weighted by molar-refractivity contribution is 7.90. The van der Waals surface area contributed by atoms with Crippen LogP contribution in [0.2, 0.25) is 5.02 Å². The van der Waals surface area contributed by atoms with Gasteiger partial charge in [-0.1, -0.05) is 16.8 Å². The molecule has 1 heterocycles. The molecule has 0 aliphatic carbocycles. The van der Waals surface area contributed by atoms with Crippen LogP contribution in [0.5, 0.6) is 0 Å². The second-order valence-electron chi connectivity index (χ2n) is 4.06. The summed E-state index contributed by atoms with van der Waals surface area (Å²) in [6.45, 7) is 1.46. The summed E-state index contributed by atoms with van der Waals surface area (Å²) in [6, 6.07) is 1.67. The van der Waals surface area contributed by atoms with Gasteiger partial charge in [-0.05, 0) is 12.1 Å². The fraction of sp³-hybridized carbons (Fsp3) is 0.182. The molecule has 0 saturated carbocycles. The molecule has 0 amide bonds.